The quantitative estimate of drug-likeness (QED) is 0.831. The maximum absolute atomic E-state index is 13.3. The van der Waals surface area contributed by atoms with Gasteiger partial charge in [0.2, 0.25) is 0 Å². The molecule has 0 bridgehead atoms. The fourth-order valence-corrected chi connectivity index (χ4v) is 2.13. The predicted molar refractivity (Wildman–Crippen MR) is 71.2 cm³/mol. The van der Waals surface area contributed by atoms with Gasteiger partial charge in [0.15, 0.2) is 0 Å². The van der Waals surface area contributed by atoms with Crippen LogP contribution in [0.25, 0.3) is 0 Å². The lowest BCUT2D eigenvalue weighted by Crippen LogP contribution is -2.09. The first-order valence-electron chi connectivity index (χ1n) is 6.37. The van der Waals surface area contributed by atoms with E-state index in [-0.39, 0.29) is 12.0 Å². The molecule has 1 nitrogen and oxygen atoms in total. The van der Waals surface area contributed by atoms with Crippen molar-refractivity contribution in [1.29, 1.82) is 0 Å². The van der Waals surface area contributed by atoms with Crippen molar-refractivity contribution in [2.45, 2.75) is 25.6 Å². The molecule has 5 heteroatoms. The van der Waals surface area contributed by atoms with Gasteiger partial charge in [0, 0.05) is 6.42 Å². The minimum absolute atomic E-state index is 0.0782. The summed E-state index contributed by atoms with van der Waals surface area (Å²) in [6.45, 7) is 1.84. The molecule has 0 radical (unpaired) electrons. The van der Waals surface area contributed by atoms with Crippen LogP contribution in [0.1, 0.15) is 28.4 Å². The van der Waals surface area contributed by atoms with Gasteiger partial charge in [-0.3, -0.25) is 0 Å². The van der Waals surface area contributed by atoms with E-state index < -0.39 is 23.7 Å². The molecule has 0 spiro atoms. The number of hydrogen-bond acceptors (Lipinski definition) is 1. The maximum atomic E-state index is 13.3. The van der Waals surface area contributed by atoms with Crippen LogP contribution in [-0.2, 0) is 12.6 Å². The number of benzene rings is 2. The molecule has 112 valence electrons. The van der Waals surface area contributed by atoms with Crippen LogP contribution in [0.3, 0.4) is 0 Å². The van der Waals surface area contributed by atoms with Crippen molar-refractivity contribution in [1.82, 2.24) is 0 Å². The summed E-state index contributed by atoms with van der Waals surface area (Å²) in [6.07, 6.45) is -5.70. The first-order chi connectivity index (χ1) is 9.77. The molecule has 2 aromatic carbocycles. The SMILES string of the molecule is Cc1ccccc1CC(O)c1cc(F)cc(C(F)(F)F)c1. The minimum Gasteiger partial charge on any atom is -0.388 e. The van der Waals surface area contributed by atoms with Gasteiger partial charge >= 0.3 is 6.18 Å². The standard InChI is InChI=1S/C16H14F4O/c1-10-4-2-3-5-11(10)8-15(21)12-6-13(16(18,19)20)9-14(17)7-12/h2-7,9,15,21H,8H2,1H3. The monoisotopic (exact) mass is 298 g/mol. The molecule has 0 aliphatic rings. The van der Waals surface area contributed by atoms with Crippen LogP contribution in [0.5, 0.6) is 0 Å². The van der Waals surface area contributed by atoms with Gasteiger partial charge in [-0.25, -0.2) is 4.39 Å². The molecule has 0 aliphatic carbocycles. The molecule has 1 atom stereocenters. The molecule has 2 rings (SSSR count). The molecular weight excluding hydrogens is 284 g/mol. The van der Waals surface area contributed by atoms with Gasteiger partial charge in [0.1, 0.15) is 5.82 Å². The van der Waals surface area contributed by atoms with Crippen LogP contribution in [0.15, 0.2) is 42.5 Å². The van der Waals surface area contributed by atoms with Crippen LogP contribution in [0, 0.1) is 12.7 Å². The predicted octanol–water partition coefficient (Wildman–Crippen LogP) is 4.43. The average molecular weight is 298 g/mol. The molecule has 0 aliphatic heterocycles. The highest BCUT2D eigenvalue weighted by Crippen LogP contribution is 2.32. The molecule has 0 amide bonds. The van der Waals surface area contributed by atoms with E-state index in [1.807, 2.05) is 19.1 Å². The Bertz CT molecular complexity index is 634. The Morgan fingerprint density at radius 2 is 1.76 bits per heavy atom. The first-order valence-corrected chi connectivity index (χ1v) is 6.37. The molecule has 0 saturated heterocycles. The molecule has 0 saturated carbocycles. The fraction of sp³-hybridized carbons (Fsp3) is 0.250. The van der Waals surface area contributed by atoms with Crippen LogP contribution >= 0.6 is 0 Å². The summed E-state index contributed by atoms with van der Waals surface area (Å²) < 4.78 is 51.3. The summed E-state index contributed by atoms with van der Waals surface area (Å²) in [6, 6.07) is 9.36. The fourth-order valence-electron chi connectivity index (χ4n) is 2.13. The lowest BCUT2D eigenvalue weighted by Gasteiger charge is -2.15. The lowest BCUT2D eigenvalue weighted by molar-refractivity contribution is -0.137. The van der Waals surface area contributed by atoms with Crippen molar-refractivity contribution in [3.05, 3.63) is 70.5 Å². The summed E-state index contributed by atoms with van der Waals surface area (Å²) in [5.74, 6) is -1.01. The third-order valence-electron chi connectivity index (χ3n) is 3.31. The number of aryl methyl sites for hydroxylation is 1. The lowest BCUT2D eigenvalue weighted by atomic mass is 9.97. The van der Waals surface area contributed by atoms with E-state index in [0.29, 0.717) is 6.07 Å². The Kier molecular flexibility index (Phi) is 4.32. The summed E-state index contributed by atoms with van der Waals surface area (Å²) in [5, 5.41) is 10.1. The van der Waals surface area contributed by atoms with Crippen molar-refractivity contribution in [3.8, 4) is 0 Å². The maximum Gasteiger partial charge on any atom is 0.416 e. The van der Waals surface area contributed by atoms with Gasteiger partial charge in [-0.1, -0.05) is 24.3 Å². The van der Waals surface area contributed by atoms with Crippen molar-refractivity contribution in [3.63, 3.8) is 0 Å². The van der Waals surface area contributed by atoms with Gasteiger partial charge in [-0.2, -0.15) is 13.2 Å². The molecule has 0 heterocycles. The second kappa shape index (κ2) is 5.85. The van der Waals surface area contributed by atoms with Crippen molar-refractivity contribution < 1.29 is 22.7 Å². The molecule has 1 N–H and O–H groups in total. The van der Waals surface area contributed by atoms with Gasteiger partial charge in [0.05, 0.1) is 11.7 Å². The van der Waals surface area contributed by atoms with E-state index in [0.717, 1.165) is 23.3 Å². The zero-order chi connectivity index (χ0) is 15.6. The van der Waals surface area contributed by atoms with Crippen molar-refractivity contribution in [2.75, 3.05) is 0 Å². The van der Waals surface area contributed by atoms with E-state index in [1.165, 1.54) is 0 Å². The summed E-state index contributed by atoms with van der Waals surface area (Å²) >= 11 is 0. The Hall–Kier alpha value is -1.88. The van der Waals surface area contributed by atoms with Gasteiger partial charge in [0.25, 0.3) is 0 Å². The number of aliphatic hydroxyl groups is 1. The minimum atomic E-state index is -4.64. The highest BCUT2D eigenvalue weighted by Gasteiger charge is 2.32. The average Bonchev–Trinajstić information content (AvgIpc) is 2.39. The molecule has 0 fully saturated rings. The highest BCUT2D eigenvalue weighted by molar-refractivity contribution is 5.31. The van der Waals surface area contributed by atoms with Gasteiger partial charge in [-0.15, -0.1) is 0 Å². The number of rotatable bonds is 3. The van der Waals surface area contributed by atoms with Gasteiger partial charge < -0.3 is 5.11 Å². The Labute approximate surface area is 119 Å². The Balaban J connectivity index is 2.29. The smallest absolute Gasteiger partial charge is 0.388 e. The number of hydrogen-bond donors (Lipinski definition) is 1. The second-order valence-electron chi connectivity index (χ2n) is 4.92. The largest absolute Gasteiger partial charge is 0.416 e. The third kappa shape index (κ3) is 3.82. The Morgan fingerprint density at radius 1 is 1.10 bits per heavy atom. The van der Waals surface area contributed by atoms with E-state index >= 15 is 0 Å². The number of alkyl halides is 3. The third-order valence-corrected chi connectivity index (χ3v) is 3.31. The van der Waals surface area contributed by atoms with Crippen LogP contribution < -0.4 is 0 Å². The van der Waals surface area contributed by atoms with Crippen LogP contribution in [0.4, 0.5) is 17.6 Å². The molecular formula is C16H14F4O. The van der Waals surface area contributed by atoms with Crippen LogP contribution in [0.2, 0.25) is 0 Å². The zero-order valence-corrected chi connectivity index (χ0v) is 11.3. The van der Waals surface area contributed by atoms with Crippen molar-refractivity contribution >= 4 is 0 Å². The van der Waals surface area contributed by atoms with Crippen LogP contribution in [-0.4, -0.2) is 5.11 Å². The van der Waals surface area contributed by atoms with Gasteiger partial charge in [-0.05, 0) is 41.8 Å². The van der Waals surface area contributed by atoms with E-state index in [9.17, 15) is 22.7 Å². The van der Waals surface area contributed by atoms with E-state index in [1.54, 1.807) is 12.1 Å². The molecule has 1 unspecified atom stereocenters. The first kappa shape index (κ1) is 15.5. The summed E-state index contributed by atoms with van der Waals surface area (Å²) in [5.41, 5.74) is 0.554. The Morgan fingerprint density at radius 3 is 2.38 bits per heavy atom. The second-order valence-corrected chi connectivity index (χ2v) is 4.92. The zero-order valence-electron chi connectivity index (χ0n) is 11.3. The van der Waals surface area contributed by atoms with E-state index in [2.05, 4.69) is 0 Å². The normalized spacial score (nSPS) is 13.2. The summed E-state index contributed by atoms with van der Waals surface area (Å²) in [4.78, 5) is 0. The topological polar surface area (TPSA) is 20.2 Å². The molecule has 21 heavy (non-hydrogen) atoms. The van der Waals surface area contributed by atoms with E-state index in [4.69, 9.17) is 0 Å². The molecule has 2 aromatic rings. The number of halogens is 4. The summed E-state index contributed by atoms with van der Waals surface area (Å²) in [7, 11) is 0. The van der Waals surface area contributed by atoms with Crippen molar-refractivity contribution in [2.24, 2.45) is 0 Å². The highest BCUT2D eigenvalue weighted by atomic mass is 19.4. The number of aliphatic hydroxyl groups excluding tert-OH is 1. The molecule has 0 aromatic heterocycles.